The van der Waals surface area contributed by atoms with Gasteiger partial charge in [0.2, 0.25) is 0 Å². The lowest BCUT2D eigenvalue weighted by Crippen LogP contribution is -2.48. The molecule has 28 heavy (non-hydrogen) atoms. The summed E-state index contributed by atoms with van der Waals surface area (Å²) in [6, 6.07) is -0.0667. The molecule has 160 valence electrons. The number of aliphatic imine (C=N–C) groups is 1. The van der Waals surface area contributed by atoms with Crippen LogP contribution in [0.25, 0.3) is 0 Å². The number of esters is 1. The molecule has 1 fully saturated rings. The lowest BCUT2D eigenvalue weighted by molar-refractivity contribution is 0.0531. The number of guanidine groups is 1. The number of aryl methyl sites for hydroxylation is 1. The molecule has 0 bridgehead atoms. The molecule has 10 heteroatoms. The Hall–Kier alpha value is -0.590. The van der Waals surface area contributed by atoms with E-state index in [4.69, 9.17) is 9.47 Å². The Labute approximate surface area is 192 Å². The molecule has 1 aliphatic rings. The van der Waals surface area contributed by atoms with Crippen molar-refractivity contribution in [1.82, 2.24) is 15.6 Å². The van der Waals surface area contributed by atoms with Crippen LogP contribution in [-0.4, -0.2) is 61.3 Å². The van der Waals surface area contributed by atoms with Gasteiger partial charge in [-0.1, -0.05) is 0 Å². The monoisotopic (exact) mass is 542 g/mol. The predicted molar refractivity (Wildman–Crippen MR) is 127 cm³/mol. The first kappa shape index (κ1) is 25.4. The van der Waals surface area contributed by atoms with Crippen molar-refractivity contribution in [2.24, 2.45) is 4.99 Å². The average molecular weight is 543 g/mol. The Bertz CT molecular complexity index is 663. The van der Waals surface area contributed by atoms with Crippen LogP contribution in [0.4, 0.5) is 0 Å². The van der Waals surface area contributed by atoms with Crippen LogP contribution >= 0.6 is 47.1 Å². The molecule has 0 aromatic carbocycles. The van der Waals surface area contributed by atoms with Gasteiger partial charge in [-0.25, -0.2) is 9.78 Å². The second-order valence-electron chi connectivity index (χ2n) is 6.48. The highest BCUT2D eigenvalue weighted by Crippen LogP contribution is 2.33. The summed E-state index contributed by atoms with van der Waals surface area (Å²) in [5.41, 5.74) is 0.702. The van der Waals surface area contributed by atoms with E-state index < -0.39 is 0 Å². The fourth-order valence-electron chi connectivity index (χ4n) is 2.89. The first-order valence-corrected chi connectivity index (χ1v) is 11.2. The maximum Gasteiger partial charge on any atom is 0.350 e. The number of carbonyl (C=O) groups excluding carboxylic acids is 1. The topological polar surface area (TPSA) is 84.8 Å². The van der Waals surface area contributed by atoms with E-state index in [-0.39, 0.29) is 40.7 Å². The third-order valence-corrected chi connectivity index (χ3v) is 7.38. The summed E-state index contributed by atoms with van der Waals surface area (Å²) in [4.78, 5) is 21.4. The molecule has 2 rings (SSSR count). The van der Waals surface area contributed by atoms with Crippen LogP contribution in [0.1, 0.15) is 53.1 Å². The van der Waals surface area contributed by atoms with Gasteiger partial charge in [0.15, 0.2) is 5.96 Å². The van der Waals surface area contributed by atoms with E-state index >= 15 is 0 Å². The summed E-state index contributed by atoms with van der Waals surface area (Å²) in [5.74, 6) is 0.419. The zero-order valence-electron chi connectivity index (χ0n) is 17.2. The summed E-state index contributed by atoms with van der Waals surface area (Å²) in [6.45, 7) is 8.44. The van der Waals surface area contributed by atoms with Crippen molar-refractivity contribution in [2.45, 2.75) is 44.4 Å². The zero-order chi connectivity index (χ0) is 19.9. The standard InChI is InChI=1S/C18H30N4O3S2.HI/c1-6-25-16(23)14-12(2)21-15(27-14)13(3)22-17(19-4)20-11-18(26-5)7-9-24-10-8-18;/h13H,6-11H2,1-5H3,(H2,19,20,22);1H. The number of nitrogens with one attached hydrogen (secondary N) is 2. The SMILES string of the molecule is CCOC(=O)c1sc(C(C)NC(=NC)NCC2(SC)CCOCC2)nc1C.I. The number of nitrogens with zero attached hydrogens (tertiary/aromatic N) is 2. The lowest BCUT2D eigenvalue weighted by Gasteiger charge is -2.36. The van der Waals surface area contributed by atoms with Crippen molar-refractivity contribution >= 4 is 59.0 Å². The van der Waals surface area contributed by atoms with Crippen molar-refractivity contribution in [3.8, 4) is 0 Å². The second kappa shape index (κ2) is 12.2. The van der Waals surface area contributed by atoms with Crippen LogP contribution in [0.2, 0.25) is 0 Å². The molecule has 1 saturated heterocycles. The van der Waals surface area contributed by atoms with Crippen LogP contribution in [0.5, 0.6) is 0 Å². The van der Waals surface area contributed by atoms with Gasteiger partial charge in [-0.05, 0) is 39.9 Å². The molecule has 1 aromatic rings. The highest BCUT2D eigenvalue weighted by molar-refractivity contribution is 14.0. The Morgan fingerprint density at radius 2 is 2.14 bits per heavy atom. The summed E-state index contributed by atoms with van der Waals surface area (Å²) in [7, 11) is 1.76. The quantitative estimate of drug-likeness (QED) is 0.237. The van der Waals surface area contributed by atoms with Gasteiger partial charge in [0.25, 0.3) is 0 Å². The highest BCUT2D eigenvalue weighted by atomic mass is 127. The number of ether oxygens (including phenoxy) is 2. The number of hydrogen-bond donors (Lipinski definition) is 2. The van der Waals surface area contributed by atoms with Crippen molar-refractivity contribution in [3.05, 3.63) is 15.6 Å². The zero-order valence-corrected chi connectivity index (χ0v) is 21.1. The van der Waals surface area contributed by atoms with Gasteiger partial charge in [-0.3, -0.25) is 4.99 Å². The maximum atomic E-state index is 12.0. The second-order valence-corrected chi connectivity index (χ2v) is 8.78. The number of thioether (sulfide) groups is 1. The summed E-state index contributed by atoms with van der Waals surface area (Å²) >= 11 is 3.25. The van der Waals surface area contributed by atoms with E-state index in [1.807, 2.05) is 25.6 Å². The van der Waals surface area contributed by atoms with Gasteiger partial charge in [0, 0.05) is 31.6 Å². The van der Waals surface area contributed by atoms with Gasteiger partial charge >= 0.3 is 5.97 Å². The molecule has 0 aliphatic carbocycles. The van der Waals surface area contributed by atoms with Crippen LogP contribution in [-0.2, 0) is 9.47 Å². The molecule has 7 nitrogen and oxygen atoms in total. The van der Waals surface area contributed by atoms with Gasteiger partial charge in [-0.2, -0.15) is 11.8 Å². The Morgan fingerprint density at radius 3 is 2.71 bits per heavy atom. The lowest BCUT2D eigenvalue weighted by atomic mass is 9.99. The molecule has 1 aromatic heterocycles. The van der Waals surface area contributed by atoms with Crippen molar-refractivity contribution in [2.75, 3.05) is 39.7 Å². The summed E-state index contributed by atoms with van der Waals surface area (Å²) < 4.78 is 10.8. The molecule has 0 radical (unpaired) electrons. The van der Waals surface area contributed by atoms with E-state index in [0.29, 0.717) is 17.2 Å². The molecule has 0 spiro atoms. The fraction of sp³-hybridized carbons (Fsp3) is 0.722. The van der Waals surface area contributed by atoms with Crippen LogP contribution in [0.3, 0.4) is 0 Å². The molecular weight excluding hydrogens is 511 g/mol. The minimum absolute atomic E-state index is 0. The van der Waals surface area contributed by atoms with Gasteiger partial charge < -0.3 is 20.1 Å². The van der Waals surface area contributed by atoms with E-state index in [0.717, 1.165) is 43.6 Å². The van der Waals surface area contributed by atoms with E-state index in [1.165, 1.54) is 11.3 Å². The smallest absolute Gasteiger partial charge is 0.350 e. The Balaban J connectivity index is 0.00000392. The molecule has 1 atom stereocenters. The number of hydrogen-bond acceptors (Lipinski definition) is 7. The van der Waals surface area contributed by atoms with E-state index in [9.17, 15) is 4.79 Å². The van der Waals surface area contributed by atoms with Crippen LogP contribution in [0, 0.1) is 6.92 Å². The Kier molecular flexibility index (Phi) is 11.1. The van der Waals surface area contributed by atoms with Crippen LogP contribution < -0.4 is 10.6 Å². The van der Waals surface area contributed by atoms with Crippen molar-refractivity contribution in [1.29, 1.82) is 0 Å². The third kappa shape index (κ3) is 6.74. The molecule has 0 amide bonds. The molecule has 2 N–H and O–H groups in total. The first-order valence-electron chi connectivity index (χ1n) is 9.19. The first-order chi connectivity index (χ1) is 12.9. The number of carbonyl (C=O) groups is 1. The van der Waals surface area contributed by atoms with E-state index in [2.05, 4.69) is 26.9 Å². The average Bonchev–Trinajstić information content (AvgIpc) is 3.08. The molecule has 0 saturated carbocycles. The number of aromatic nitrogens is 1. The largest absolute Gasteiger partial charge is 0.462 e. The predicted octanol–water partition coefficient (Wildman–Crippen LogP) is 3.38. The highest BCUT2D eigenvalue weighted by Gasteiger charge is 2.32. The minimum Gasteiger partial charge on any atom is -0.462 e. The minimum atomic E-state index is -0.310. The number of thiazole rings is 1. The van der Waals surface area contributed by atoms with Crippen LogP contribution in [0.15, 0.2) is 4.99 Å². The van der Waals surface area contributed by atoms with Gasteiger partial charge in [0.1, 0.15) is 9.88 Å². The number of halogens is 1. The normalized spacial score (nSPS) is 17.4. The summed E-state index contributed by atoms with van der Waals surface area (Å²) in [5, 5.41) is 7.65. The third-order valence-electron chi connectivity index (χ3n) is 4.64. The fourth-order valence-corrected chi connectivity index (χ4v) is 4.65. The van der Waals surface area contributed by atoms with Gasteiger partial charge in [-0.15, -0.1) is 35.3 Å². The molecule has 1 aliphatic heterocycles. The Morgan fingerprint density at radius 1 is 1.46 bits per heavy atom. The maximum absolute atomic E-state index is 12.0. The molecular formula is C18H31IN4O3S2. The molecule has 2 heterocycles. The van der Waals surface area contributed by atoms with Crippen molar-refractivity contribution < 1.29 is 14.3 Å². The van der Waals surface area contributed by atoms with E-state index in [1.54, 1.807) is 14.0 Å². The van der Waals surface area contributed by atoms with Crippen molar-refractivity contribution in [3.63, 3.8) is 0 Å². The molecule has 1 unspecified atom stereocenters. The number of rotatable bonds is 7. The van der Waals surface area contributed by atoms with Gasteiger partial charge in [0.05, 0.1) is 18.3 Å². The summed E-state index contributed by atoms with van der Waals surface area (Å²) in [6.07, 6.45) is 4.21.